The minimum absolute atomic E-state index is 0.126. The van der Waals surface area contributed by atoms with Gasteiger partial charge in [0.15, 0.2) is 0 Å². The Morgan fingerprint density at radius 3 is 2.26 bits per heavy atom. The molecule has 2 heterocycles. The molecule has 1 unspecified atom stereocenters. The fraction of sp³-hybridized carbons (Fsp3) is 0.632. The first-order valence-corrected chi connectivity index (χ1v) is 10.6. The minimum atomic E-state index is -1.03. The Bertz CT molecular complexity index is 726. The van der Waals surface area contributed by atoms with E-state index in [4.69, 9.17) is 0 Å². The zero-order valence-corrected chi connectivity index (χ0v) is 16.3. The summed E-state index contributed by atoms with van der Waals surface area (Å²) in [5, 5.41) is 9.57. The van der Waals surface area contributed by atoms with Crippen LogP contribution in [0.5, 0.6) is 0 Å². The summed E-state index contributed by atoms with van der Waals surface area (Å²) in [7, 11) is 0. The first kappa shape index (κ1) is 19.6. The van der Waals surface area contributed by atoms with Crippen LogP contribution in [0.1, 0.15) is 32.1 Å². The molecule has 0 spiro atoms. The molecule has 0 bridgehead atoms. The Labute approximate surface area is 163 Å². The Kier molecular flexibility index (Phi) is 6.32. The van der Waals surface area contributed by atoms with Crippen LogP contribution >= 0.6 is 11.8 Å². The van der Waals surface area contributed by atoms with Gasteiger partial charge in [-0.3, -0.25) is 14.4 Å². The van der Waals surface area contributed by atoms with Crippen molar-refractivity contribution in [1.82, 2.24) is 9.80 Å². The summed E-state index contributed by atoms with van der Waals surface area (Å²) in [4.78, 5) is 45.0. The van der Waals surface area contributed by atoms with Gasteiger partial charge in [-0.05, 0) is 25.2 Å². The third-order valence-electron chi connectivity index (χ3n) is 5.48. The van der Waals surface area contributed by atoms with E-state index in [-0.39, 0.29) is 23.3 Å². The highest BCUT2D eigenvalue weighted by molar-refractivity contribution is 8.13. The molecule has 7 nitrogen and oxygen atoms in total. The number of rotatable bonds is 2. The number of thioether (sulfide) groups is 1. The fourth-order valence-electron chi connectivity index (χ4n) is 3.91. The zero-order valence-electron chi connectivity index (χ0n) is 15.5. The number of nitrogens with zero attached hydrogens (tertiary/aromatic N) is 4. The molecule has 1 atom stereocenters. The van der Waals surface area contributed by atoms with Crippen molar-refractivity contribution < 1.29 is 14.4 Å². The van der Waals surface area contributed by atoms with Crippen molar-refractivity contribution in [3.8, 4) is 6.07 Å². The van der Waals surface area contributed by atoms with Gasteiger partial charge in [-0.2, -0.15) is 5.26 Å². The average Bonchev–Trinajstić information content (AvgIpc) is 2.73. The molecule has 3 aliphatic rings. The van der Waals surface area contributed by atoms with Crippen molar-refractivity contribution in [3.63, 3.8) is 0 Å². The number of dihydropyridines is 1. The van der Waals surface area contributed by atoms with Crippen LogP contribution in [0.25, 0.3) is 0 Å². The molecule has 0 aromatic rings. The standard InChI is InChI=1S/C19H24N4O3S/c1-27-17-14(12-20)11-15(16(24)21-17)19(26)23-9-7-22(8-10-23)18(25)13-5-3-2-4-6-13/h11,13,15H,2-10H2,1H3. The molecule has 3 rings (SSSR count). The van der Waals surface area contributed by atoms with Gasteiger partial charge in [0.1, 0.15) is 17.0 Å². The van der Waals surface area contributed by atoms with Crippen LogP contribution in [0.15, 0.2) is 16.6 Å². The lowest BCUT2D eigenvalue weighted by molar-refractivity contribution is -0.146. The Morgan fingerprint density at radius 1 is 1.11 bits per heavy atom. The maximum absolute atomic E-state index is 12.8. The van der Waals surface area contributed by atoms with Gasteiger partial charge in [0.25, 0.3) is 5.91 Å². The molecule has 1 saturated carbocycles. The molecule has 0 aromatic heterocycles. The van der Waals surface area contributed by atoms with Gasteiger partial charge in [-0.15, -0.1) is 11.8 Å². The first-order valence-electron chi connectivity index (χ1n) is 9.41. The Hall–Kier alpha value is -2.14. The van der Waals surface area contributed by atoms with E-state index in [2.05, 4.69) is 4.99 Å². The summed E-state index contributed by atoms with van der Waals surface area (Å²) < 4.78 is 0. The number of amides is 3. The number of aliphatic imine (C=N–C) groups is 1. The number of nitriles is 1. The first-order chi connectivity index (χ1) is 13.0. The summed E-state index contributed by atoms with van der Waals surface area (Å²) in [5.74, 6) is -1.56. The SMILES string of the molecule is CSC1=NC(=O)C(C(=O)N2CCN(C(=O)C3CCCCC3)CC2)C=C1C#N. The normalized spacial score (nSPS) is 24.1. The van der Waals surface area contributed by atoms with Gasteiger partial charge in [0.05, 0.1) is 5.57 Å². The number of carbonyl (C=O) groups excluding carboxylic acids is 3. The highest BCUT2D eigenvalue weighted by Crippen LogP contribution is 2.26. The molecule has 144 valence electrons. The maximum atomic E-state index is 12.8. The van der Waals surface area contributed by atoms with E-state index >= 15 is 0 Å². The molecule has 27 heavy (non-hydrogen) atoms. The summed E-state index contributed by atoms with van der Waals surface area (Å²) in [6.07, 6.45) is 8.53. The van der Waals surface area contributed by atoms with Crippen LogP contribution in [-0.4, -0.2) is 65.0 Å². The molecule has 2 aliphatic heterocycles. The van der Waals surface area contributed by atoms with E-state index in [0.717, 1.165) is 25.7 Å². The van der Waals surface area contributed by atoms with Crippen LogP contribution in [0.3, 0.4) is 0 Å². The van der Waals surface area contributed by atoms with Gasteiger partial charge in [0.2, 0.25) is 11.8 Å². The highest BCUT2D eigenvalue weighted by Gasteiger charge is 2.36. The zero-order chi connectivity index (χ0) is 19.4. The predicted molar refractivity (Wildman–Crippen MR) is 103 cm³/mol. The van der Waals surface area contributed by atoms with Crippen molar-refractivity contribution >= 4 is 34.5 Å². The number of carbonyl (C=O) groups is 3. The highest BCUT2D eigenvalue weighted by atomic mass is 32.2. The third-order valence-corrected chi connectivity index (χ3v) is 6.18. The molecule has 0 N–H and O–H groups in total. The van der Waals surface area contributed by atoms with Crippen LogP contribution < -0.4 is 0 Å². The van der Waals surface area contributed by atoms with Crippen LogP contribution in [-0.2, 0) is 14.4 Å². The van der Waals surface area contributed by atoms with E-state index in [9.17, 15) is 19.6 Å². The number of piperazine rings is 1. The van der Waals surface area contributed by atoms with Crippen molar-refractivity contribution in [3.05, 3.63) is 11.6 Å². The Balaban J connectivity index is 1.59. The molecule has 0 aromatic carbocycles. The second kappa shape index (κ2) is 8.70. The topological polar surface area (TPSA) is 93.8 Å². The quantitative estimate of drug-likeness (QED) is 0.670. The minimum Gasteiger partial charge on any atom is -0.339 e. The monoisotopic (exact) mass is 388 g/mol. The van der Waals surface area contributed by atoms with Crippen molar-refractivity contribution in [2.75, 3.05) is 32.4 Å². The van der Waals surface area contributed by atoms with Crippen LogP contribution in [0, 0.1) is 23.2 Å². The molecule has 8 heteroatoms. The lowest BCUT2D eigenvalue weighted by Crippen LogP contribution is -2.53. The molecule has 0 radical (unpaired) electrons. The van der Waals surface area contributed by atoms with Crippen LogP contribution in [0.2, 0.25) is 0 Å². The van der Waals surface area contributed by atoms with E-state index < -0.39 is 11.8 Å². The summed E-state index contributed by atoms with van der Waals surface area (Å²) in [5.41, 5.74) is 0.270. The molecular formula is C19H24N4O3S. The van der Waals surface area contributed by atoms with Gasteiger partial charge in [0, 0.05) is 32.1 Å². The van der Waals surface area contributed by atoms with Crippen LogP contribution in [0.4, 0.5) is 0 Å². The summed E-state index contributed by atoms with van der Waals surface area (Å²) in [6, 6.07) is 2.01. The van der Waals surface area contributed by atoms with Crippen molar-refractivity contribution in [2.24, 2.45) is 16.8 Å². The van der Waals surface area contributed by atoms with Gasteiger partial charge in [-0.25, -0.2) is 4.99 Å². The molecule has 3 amide bonds. The smallest absolute Gasteiger partial charge is 0.263 e. The summed E-state index contributed by atoms with van der Waals surface area (Å²) >= 11 is 1.22. The van der Waals surface area contributed by atoms with Gasteiger partial charge >= 0.3 is 0 Å². The Morgan fingerprint density at radius 2 is 1.70 bits per heavy atom. The number of hydrogen-bond donors (Lipinski definition) is 0. The largest absolute Gasteiger partial charge is 0.339 e. The molecule has 2 fully saturated rings. The maximum Gasteiger partial charge on any atom is 0.263 e. The predicted octanol–water partition coefficient (Wildman–Crippen LogP) is 1.61. The second-order valence-corrected chi connectivity index (χ2v) is 7.91. The van der Waals surface area contributed by atoms with E-state index in [1.165, 1.54) is 24.3 Å². The lowest BCUT2D eigenvalue weighted by Gasteiger charge is -2.38. The molecule has 1 saturated heterocycles. The third kappa shape index (κ3) is 4.24. The van der Waals surface area contributed by atoms with Crippen molar-refractivity contribution in [2.45, 2.75) is 32.1 Å². The van der Waals surface area contributed by atoms with E-state index in [1.807, 2.05) is 11.0 Å². The van der Waals surface area contributed by atoms with Gasteiger partial charge in [-0.1, -0.05) is 19.3 Å². The van der Waals surface area contributed by atoms with E-state index in [0.29, 0.717) is 31.2 Å². The molecular weight excluding hydrogens is 364 g/mol. The summed E-state index contributed by atoms with van der Waals surface area (Å²) in [6.45, 7) is 1.82. The fourth-order valence-corrected chi connectivity index (χ4v) is 4.42. The van der Waals surface area contributed by atoms with Crippen molar-refractivity contribution in [1.29, 1.82) is 5.26 Å². The number of hydrogen-bond acceptors (Lipinski definition) is 5. The lowest BCUT2D eigenvalue weighted by atomic mass is 9.88. The second-order valence-electron chi connectivity index (χ2n) is 7.11. The molecule has 1 aliphatic carbocycles. The average molecular weight is 388 g/mol. The van der Waals surface area contributed by atoms with E-state index in [1.54, 1.807) is 11.2 Å². The van der Waals surface area contributed by atoms with Gasteiger partial charge < -0.3 is 9.80 Å².